The molecule has 0 heterocycles. The van der Waals surface area contributed by atoms with Gasteiger partial charge in [0.2, 0.25) is 0 Å². The van der Waals surface area contributed by atoms with Gasteiger partial charge in [-0.15, -0.1) is 11.6 Å². The van der Waals surface area contributed by atoms with Crippen LogP contribution in [0.3, 0.4) is 0 Å². The smallest absolute Gasteiger partial charge is 0.129 e. The monoisotopic (exact) mass is 270 g/mol. The quantitative estimate of drug-likeness (QED) is 0.714. The Labute approximate surface area is 108 Å². The number of alkyl halides is 1. The largest absolute Gasteiger partial charge is 0.207 e. The molecule has 0 bridgehead atoms. The van der Waals surface area contributed by atoms with Crippen LogP contribution in [0.15, 0.2) is 42.5 Å². The highest BCUT2D eigenvalue weighted by atomic mass is 35.5. The SMILES string of the molecule is Fc1cccc(C(Cl)Cc2c(F)cccc2F)c1. The van der Waals surface area contributed by atoms with Crippen LogP contribution in [-0.4, -0.2) is 0 Å². The van der Waals surface area contributed by atoms with Crippen molar-refractivity contribution in [1.29, 1.82) is 0 Å². The van der Waals surface area contributed by atoms with Crippen molar-refractivity contribution in [1.82, 2.24) is 0 Å². The van der Waals surface area contributed by atoms with E-state index in [-0.39, 0.29) is 12.0 Å². The van der Waals surface area contributed by atoms with Crippen molar-refractivity contribution in [2.45, 2.75) is 11.8 Å². The van der Waals surface area contributed by atoms with Crippen molar-refractivity contribution in [3.8, 4) is 0 Å². The van der Waals surface area contributed by atoms with Crippen molar-refractivity contribution < 1.29 is 13.2 Å². The second-order valence-electron chi connectivity index (χ2n) is 3.93. The van der Waals surface area contributed by atoms with Crippen LogP contribution in [0.4, 0.5) is 13.2 Å². The molecule has 0 saturated carbocycles. The van der Waals surface area contributed by atoms with E-state index in [1.165, 1.54) is 36.4 Å². The van der Waals surface area contributed by atoms with E-state index in [2.05, 4.69) is 0 Å². The van der Waals surface area contributed by atoms with Gasteiger partial charge >= 0.3 is 0 Å². The van der Waals surface area contributed by atoms with Crippen molar-refractivity contribution in [2.24, 2.45) is 0 Å². The van der Waals surface area contributed by atoms with Crippen molar-refractivity contribution >= 4 is 11.6 Å². The average molecular weight is 271 g/mol. The fourth-order valence-electron chi connectivity index (χ4n) is 1.73. The summed E-state index contributed by atoms with van der Waals surface area (Å²) >= 11 is 6.06. The molecule has 1 atom stereocenters. The number of benzene rings is 2. The minimum absolute atomic E-state index is 0.0243. The summed E-state index contributed by atoms with van der Waals surface area (Å²) in [7, 11) is 0. The molecule has 0 aliphatic carbocycles. The van der Waals surface area contributed by atoms with Gasteiger partial charge in [-0.25, -0.2) is 13.2 Å². The van der Waals surface area contributed by atoms with Gasteiger partial charge in [-0.05, 0) is 36.2 Å². The Kier molecular flexibility index (Phi) is 3.92. The molecule has 0 nitrogen and oxygen atoms in total. The minimum Gasteiger partial charge on any atom is -0.207 e. The number of halogens is 4. The second-order valence-corrected chi connectivity index (χ2v) is 4.45. The van der Waals surface area contributed by atoms with Crippen LogP contribution in [0.2, 0.25) is 0 Å². The van der Waals surface area contributed by atoms with Crippen LogP contribution >= 0.6 is 11.6 Å². The lowest BCUT2D eigenvalue weighted by molar-refractivity contribution is 0.552. The summed E-state index contributed by atoms with van der Waals surface area (Å²) in [6, 6.07) is 9.32. The predicted octanol–water partition coefficient (Wildman–Crippen LogP) is 4.63. The maximum absolute atomic E-state index is 13.4. The van der Waals surface area contributed by atoms with E-state index in [0.29, 0.717) is 5.56 Å². The molecule has 0 aliphatic rings. The van der Waals surface area contributed by atoms with E-state index in [0.717, 1.165) is 0 Å². The highest BCUT2D eigenvalue weighted by molar-refractivity contribution is 6.20. The van der Waals surface area contributed by atoms with Crippen LogP contribution in [0, 0.1) is 17.5 Å². The lowest BCUT2D eigenvalue weighted by Crippen LogP contribution is -2.01. The molecule has 4 heteroatoms. The third kappa shape index (κ3) is 2.85. The van der Waals surface area contributed by atoms with E-state index in [4.69, 9.17) is 11.6 Å². The Hall–Kier alpha value is -1.48. The first-order chi connectivity index (χ1) is 8.58. The lowest BCUT2D eigenvalue weighted by atomic mass is 10.0. The molecule has 0 fully saturated rings. The lowest BCUT2D eigenvalue weighted by Gasteiger charge is -2.11. The fourth-order valence-corrected chi connectivity index (χ4v) is 2.02. The number of rotatable bonds is 3. The third-order valence-electron chi connectivity index (χ3n) is 2.66. The van der Waals surface area contributed by atoms with E-state index in [1.807, 2.05) is 0 Å². The zero-order valence-electron chi connectivity index (χ0n) is 9.34. The molecule has 0 radical (unpaired) electrons. The maximum atomic E-state index is 13.4. The highest BCUT2D eigenvalue weighted by Gasteiger charge is 2.15. The Bertz CT molecular complexity index is 534. The van der Waals surface area contributed by atoms with Crippen LogP contribution in [0.5, 0.6) is 0 Å². The molecular formula is C14H10ClF3. The standard InChI is InChI=1S/C14H10ClF3/c15-12(9-3-1-4-10(16)7-9)8-11-13(17)5-2-6-14(11)18/h1-7,12H,8H2. The molecule has 0 N–H and O–H groups in total. The highest BCUT2D eigenvalue weighted by Crippen LogP contribution is 2.27. The third-order valence-corrected chi connectivity index (χ3v) is 3.06. The molecule has 0 amide bonds. The van der Waals surface area contributed by atoms with Gasteiger partial charge in [-0.1, -0.05) is 18.2 Å². The zero-order chi connectivity index (χ0) is 13.1. The molecule has 0 spiro atoms. The van der Waals surface area contributed by atoms with Gasteiger partial charge in [0.15, 0.2) is 0 Å². The summed E-state index contributed by atoms with van der Waals surface area (Å²) in [5.41, 5.74) is 0.418. The van der Waals surface area contributed by atoms with E-state index >= 15 is 0 Å². The Morgan fingerprint density at radius 3 is 2.17 bits per heavy atom. The first-order valence-corrected chi connectivity index (χ1v) is 5.84. The molecule has 0 aromatic heterocycles. The molecule has 2 aromatic rings. The summed E-state index contributed by atoms with van der Waals surface area (Å²) in [6.07, 6.45) is -0.0243. The summed E-state index contributed by atoms with van der Waals surface area (Å²) in [6.45, 7) is 0. The van der Waals surface area contributed by atoms with Gasteiger partial charge in [-0.3, -0.25) is 0 Å². The normalized spacial score (nSPS) is 12.4. The van der Waals surface area contributed by atoms with Gasteiger partial charge in [0.05, 0.1) is 5.38 Å². The number of hydrogen-bond donors (Lipinski definition) is 0. The van der Waals surface area contributed by atoms with Crippen molar-refractivity contribution in [3.63, 3.8) is 0 Å². The first kappa shape index (κ1) is 13.0. The van der Waals surface area contributed by atoms with Gasteiger partial charge in [0.25, 0.3) is 0 Å². The van der Waals surface area contributed by atoms with E-state index in [1.54, 1.807) is 6.07 Å². The average Bonchev–Trinajstić information content (AvgIpc) is 2.34. The van der Waals surface area contributed by atoms with Crippen LogP contribution in [0.1, 0.15) is 16.5 Å². The van der Waals surface area contributed by atoms with Gasteiger partial charge in [-0.2, -0.15) is 0 Å². The van der Waals surface area contributed by atoms with Gasteiger partial charge in [0.1, 0.15) is 17.5 Å². The first-order valence-electron chi connectivity index (χ1n) is 5.40. The Morgan fingerprint density at radius 1 is 0.944 bits per heavy atom. The Balaban J connectivity index is 2.24. The molecule has 0 aliphatic heterocycles. The molecule has 18 heavy (non-hydrogen) atoms. The molecule has 0 saturated heterocycles. The van der Waals surface area contributed by atoms with E-state index < -0.39 is 22.8 Å². The van der Waals surface area contributed by atoms with Crippen molar-refractivity contribution in [2.75, 3.05) is 0 Å². The predicted molar refractivity (Wildman–Crippen MR) is 65.1 cm³/mol. The zero-order valence-corrected chi connectivity index (χ0v) is 10.1. The molecule has 1 unspecified atom stereocenters. The number of hydrogen-bond acceptors (Lipinski definition) is 0. The summed E-state index contributed by atoms with van der Waals surface area (Å²) < 4.78 is 39.9. The molecule has 2 aromatic carbocycles. The fraction of sp³-hybridized carbons (Fsp3) is 0.143. The van der Waals surface area contributed by atoms with Crippen molar-refractivity contribution in [3.05, 3.63) is 71.0 Å². The van der Waals surface area contributed by atoms with Crippen LogP contribution in [0.25, 0.3) is 0 Å². The summed E-state index contributed by atoms with van der Waals surface area (Å²) in [5, 5.41) is -0.674. The maximum Gasteiger partial charge on any atom is 0.129 e. The summed E-state index contributed by atoms with van der Waals surface area (Å²) in [5.74, 6) is -1.71. The van der Waals surface area contributed by atoms with Crippen LogP contribution in [-0.2, 0) is 6.42 Å². The van der Waals surface area contributed by atoms with E-state index in [9.17, 15) is 13.2 Å². The second kappa shape index (κ2) is 5.44. The van der Waals surface area contributed by atoms with Gasteiger partial charge < -0.3 is 0 Å². The Morgan fingerprint density at radius 2 is 1.56 bits per heavy atom. The topological polar surface area (TPSA) is 0 Å². The minimum atomic E-state index is -0.674. The van der Waals surface area contributed by atoms with Gasteiger partial charge in [0, 0.05) is 5.56 Å². The molecular weight excluding hydrogens is 261 g/mol. The summed E-state index contributed by atoms with van der Waals surface area (Å²) in [4.78, 5) is 0. The molecule has 94 valence electrons. The van der Waals surface area contributed by atoms with Crippen LogP contribution < -0.4 is 0 Å². The molecule has 2 rings (SSSR count).